The lowest BCUT2D eigenvalue weighted by Gasteiger charge is -2.10. The minimum absolute atomic E-state index is 0.0853. The molecular weight excluding hydrogens is 350 g/mol. The SMILES string of the molecule is COc1ccc(Br)cc1COC(=O)c1cc(C(C)=O)cn1C. The predicted octanol–water partition coefficient (Wildman–Crippen LogP) is 3.36. The number of carbonyl (C=O) groups is 2. The lowest BCUT2D eigenvalue weighted by molar-refractivity contribution is 0.0459. The van der Waals surface area contributed by atoms with E-state index < -0.39 is 5.97 Å². The van der Waals surface area contributed by atoms with Gasteiger partial charge in [0.2, 0.25) is 0 Å². The Labute approximate surface area is 137 Å². The van der Waals surface area contributed by atoms with Crippen molar-refractivity contribution in [3.05, 3.63) is 51.8 Å². The van der Waals surface area contributed by atoms with Crippen LogP contribution in [0, 0.1) is 0 Å². The van der Waals surface area contributed by atoms with Crippen LogP contribution in [0.5, 0.6) is 5.75 Å². The Morgan fingerprint density at radius 2 is 2.00 bits per heavy atom. The van der Waals surface area contributed by atoms with Crippen LogP contribution >= 0.6 is 15.9 Å². The van der Waals surface area contributed by atoms with Crippen LogP contribution in [0.4, 0.5) is 0 Å². The normalized spacial score (nSPS) is 10.4. The second kappa shape index (κ2) is 6.79. The lowest BCUT2D eigenvalue weighted by atomic mass is 10.2. The molecular formula is C16H16BrNO4. The molecule has 0 bridgehead atoms. The summed E-state index contributed by atoms with van der Waals surface area (Å²) in [5, 5.41) is 0. The zero-order chi connectivity index (χ0) is 16.3. The Morgan fingerprint density at radius 3 is 2.59 bits per heavy atom. The van der Waals surface area contributed by atoms with E-state index in [1.54, 1.807) is 31.0 Å². The predicted molar refractivity (Wildman–Crippen MR) is 85.2 cm³/mol. The van der Waals surface area contributed by atoms with Gasteiger partial charge in [0.15, 0.2) is 5.78 Å². The minimum atomic E-state index is -0.489. The summed E-state index contributed by atoms with van der Waals surface area (Å²) in [5.74, 6) is 0.0626. The second-order valence-electron chi connectivity index (χ2n) is 4.81. The molecule has 0 fully saturated rings. The molecule has 1 aromatic heterocycles. The Morgan fingerprint density at radius 1 is 1.27 bits per heavy atom. The van der Waals surface area contributed by atoms with Crippen LogP contribution < -0.4 is 4.74 Å². The molecule has 0 spiro atoms. The van der Waals surface area contributed by atoms with E-state index in [-0.39, 0.29) is 12.4 Å². The number of ether oxygens (including phenoxy) is 2. The fraction of sp³-hybridized carbons (Fsp3) is 0.250. The number of ketones is 1. The number of carbonyl (C=O) groups excluding carboxylic acids is 2. The van der Waals surface area contributed by atoms with Crippen molar-refractivity contribution in [2.24, 2.45) is 7.05 Å². The molecule has 0 radical (unpaired) electrons. The van der Waals surface area contributed by atoms with Crippen LogP contribution in [0.15, 0.2) is 34.9 Å². The average molecular weight is 366 g/mol. The number of rotatable bonds is 5. The standard InChI is InChI=1S/C16H16BrNO4/c1-10(19)11-7-14(18(2)8-11)16(20)22-9-12-6-13(17)4-5-15(12)21-3/h4-8H,9H2,1-3H3. The van der Waals surface area contributed by atoms with E-state index in [1.807, 2.05) is 12.1 Å². The molecule has 6 heteroatoms. The van der Waals surface area contributed by atoms with E-state index in [0.717, 1.165) is 10.0 Å². The second-order valence-corrected chi connectivity index (χ2v) is 5.73. The zero-order valence-corrected chi connectivity index (χ0v) is 14.1. The van der Waals surface area contributed by atoms with Crippen molar-refractivity contribution >= 4 is 27.7 Å². The summed E-state index contributed by atoms with van der Waals surface area (Å²) in [5.41, 5.74) is 1.57. The van der Waals surface area contributed by atoms with E-state index >= 15 is 0 Å². The monoisotopic (exact) mass is 365 g/mol. The van der Waals surface area contributed by atoms with E-state index in [9.17, 15) is 9.59 Å². The zero-order valence-electron chi connectivity index (χ0n) is 12.6. The van der Waals surface area contributed by atoms with Crippen molar-refractivity contribution in [1.82, 2.24) is 4.57 Å². The maximum atomic E-state index is 12.2. The van der Waals surface area contributed by atoms with Crippen LogP contribution in [0.2, 0.25) is 0 Å². The Bertz CT molecular complexity index is 721. The first-order chi connectivity index (χ1) is 10.4. The van der Waals surface area contributed by atoms with E-state index in [4.69, 9.17) is 9.47 Å². The largest absolute Gasteiger partial charge is 0.496 e. The summed E-state index contributed by atoms with van der Waals surface area (Å²) in [7, 11) is 3.26. The number of methoxy groups -OCH3 is 1. The van der Waals surface area contributed by atoms with Gasteiger partial charge in [-0.2, -0.15) is 0 Å². The van der Waals surface area contributed by atoms with Crippen LogP contribution in [-0.2, 0) is 18.4 Å². The van der Waals surface area contributed by atoms with Gasteiger partial charge in [-0.3, -0.25) is 4.79 Å². The van der Waals surface area contributed by atoms with Crippen LogP contribution in [0.3, 0.4) is 0 Å². The molecule has 22 heavy (non-hydrogen) atoms. The number of hydrogen-bond donors (Lipinski definition) is 0. The van der Waals surface area contributed by atoms with Gasteiger partial charge in [-0.25, -0.2) is 4.79 Å². The molecule has 0 amide bonds. The third-order valence-corrected chi connectivity index (χ3v) is 3.72. The summed E-state index contributed by atoms with van der Waals surface area (Å²) in [6.07, 6.45) is 1.61. The summed E-state index contributed by atoms with van der Waals surface area (Å²) >= 11 is 3.37. The average Bonchev–Trinajstić information content (AvgIpc) is 2.87. The molecule has 0 atom stereocenters. The topological polar surface area (TPSA) is 57.5 Å². The highest BCUT2D eigenvalue weighted by atomic mass is 79.9. The molecule has 0 unspecified atom stereocenters. The van der Waals surface area contributed by atoms with Crippen molar-refractivity contribution in [2.45, 2.75) is 13.5 Å². The third-order valence-electron chi connectivity index (χ3n) is 3.22. The molecule has 0 saturated heterocycles. The Kier molecular flexibility index (Phi) is 5.03. The molecule has 2 aromatic rings. The van der Waals surface area contributed by atoms with Gasteiger partial charge in [0.05, 0.1) is 7.11 Å². The van der Waals surface area contributed by atoms with Crippen molar-refractivity contribution in [1.29, 1.82) is 0 Å². The number of hydrogen-bond acceptors (Lipinski definition) is 4. The molecule has 0 aliphatic heterocycles. The number of benzene rings is 1. The van der Waals surface area contributed by atoms with Gasteiger partial charge >= 0.3 is 5.97 Å². The van der Waals surface area contributed by atoms with Crippen LogP contribution in [0.1, 0.15) is 33.3 Å². The summed E-state index contributed by atoms with van der Waals surface area (Å²) in [4.78, 5) is 23.5. The fourth-order valence-electron chi connectivity index (χ4n) is 2.04. The maximum Gasteiger partial charge on any atom is 0.355 e. The van der Waals surface area contributed by atoms with Gasteiger partial charge in [-0.05, 0) is 31.2 Å². The first-order valence-electron chi connectivity index (χ1n) is 6.59. The Hall–Kier alpha value is -2.08. The number of halogens is 1. The van der Waals surface area contributed by atoms with Gasteiger partial charge in [0, 0.05) is 28.8 Å². The highest BCUT2D eigenvalue weighted by molar-refractivity contribution is 9.10. The van der Waals surface area contributed by atoms with Crippen LogP contribution in [0.25, 0.3) is 0 Å². The van der Waals surface area contributed by atoms with Crippen LogP contribution in [-0.4, -0.2) is 23.4 Å². The van der Waals surface area contributed by atoms with Gasteiger partial charge in [0.1, 0.15) is 18.1 Å². The molecule has 116 valence electrons. The van der Waals surface area contributed by atoms with E-state index in [0.29, 0.717) is 17.0 Å². The fourth-order valence-corrected chi connectivity index (χ4v) is 2.45. The first kappa shape index (κ1) is 16.3. The van der Waals surface area contributed by atoms with Gasteiger partial charge in [0.25, 0.3) is 0 Å². The molecule has 0 N–H and O–H groups in total. The molecule has 0 aliphatic rings. The first-order valence-corrected chi connectivity index (χ1v) is 7.38. The van der Waals surface area contributed by atoms with Gasteiger partial charge in [-0.15, -0.1) is 0 Å². The van der Waals surface area contributed by atoms with Crippen molar-refractivity contribution in [3.8, 4) is 5.75 Å². The highest BCUT2D eigenvalue weighted by Crippen LogP contribution is 2.24. The molecule has 0 saturated carbocycles. The maximum absolute atomic E-state index is 12.2. The molecule has 5 nitrogen and oxygen atoms in total. The van der Waals surface area contributed by atoms with Crippen molar-refractivity contribution in [3.63, 3.8) is 0 Å². The lowest BCUT2D eigenvalue weighted by Crippen LogP contribution is -2.10. The Balaban J connectivity index is 2.13. The summed E-state index contributed by atoms with van der Waals surface area (Å²) < 4.78 is 13.0. The number of Topliss-reactive ketones (excluding diaryl/α,β-unsaturated/α-hetero) is 1. The minimum Gasteiger partial charge on any atom is -0.496 e. The van der Waals surface area contributed by atoms with E-state index in [2.05, 4.69) is 15.9 Å². The van der Waals surface area contributed by atoms with Crippen molar-refractivity contribution < 1.29 is 19.1 Å². The number of aryl methyl sites for hydroxylation is 1. The van der Waals surface area contributed by atoms with Gasteiger partial charge in [-0.1, -0.05) is 15.9 Å². The highest BCUT2D eigenvalue weighted by Gasteiger charge is 2.16. The molecule has 2 rings (SSSR count). The summed E-state index contributed by atoms with van der Waals surface area (Å²) in [6, 6.07) is 7.00. The van der Waals surface area contributed by atoms with Crippen molar-refractivity contribution in [2.75, 3.05) is 7.11 Å². The number of aromatic nitrogens is 1. The number of nitrogens with zero attached hydrogens (tertiary/aromatic N) is 1. The smallest absolute Gasteiger partial charge is 0.355 e. The summed E-state index contributed by atoms with van der Waals surface area (Å²) in [6.45, 7) is 1.54. The number of esters is 1. The molecule has 0 aliphatic carbocycles. The third kappa shape index (κ3) is 3.57. The van der Waals surface area contributed by atoms with E-state index in [1.165, 1.54) is 13.0 Å². The quantitative estimate of drug-likeness (QED) is 0.602. The molecule has 1 aromatic carbocycles. The molecule has 1 heterocycles. The van der Waals surface area contributed by atoms with Gasteiger partial charge < -0.3 is 14.0 Å².